The molecule has 0 amide bonds. The first kappa shape index (κ1) is 12.0. The van der Waals surface area contributed by atoms with Gasteiger partial charge in [0.15, 0.2) is 0 Å². The second kappa shape index (κ2) is 4.35. The van der Waals surface area contributed by atoms with Crippen molar-refractivity contribution in [2.45, 2.75) is 6.92 Å². The Kier molecular flexibility index (Phi) is 2.48. The average molecular weight is 275 g/mol. The van der Waals surface area contributed by atoms with E-state index in [0.29, 0.717) is 11.3 Å². The Hall–Kier alpha value is -2.81. The van der Waals surface area contributed by atoms with Crippen molar-refractivity contribution in [1.82, 2.24) is 4.57 Å². The average Bonchev–Trinajstić information content (AvgIpc) is 2.92. The van der Waals surface area contributed by atoms with Gasteiger partial charge in [0, 0.05) is 17.0 Å². The normalized spacial score (nSPS) is 11.3. The van der Waals surface area contributed by atoms with E-state index in [1.54, 1.807) is 6.07 Å². The summed E-state index contributed by atoms with van der Waals surface area (Å²) in [5, 5.41) is 2.06. The minimum atomic E-state index is -0.326. The molecule has 0 N–H and O–H groups in total. The van der Waals surface area contributed by atoms with Gasteiger partial charge in [-0.2, -0.15) is 0 Å². The van der Waals surface area contributed by atoms with Crippen LogP contribution in [0.2, 0.25) is 0 Å². The lowest BCUT2D eigenvalue weighted by atomic mass is 10.1. The summed E-state index contributed by atoms with van der Waals surface area (Å²) in [6, 6.07) is 17.5. The topological polar surface area (TPSA) is 35.1 Å². The molecule has 21 heavy (non-hydrogen) atoms. The molecule has 0 saturated carbocycles. The molecule has 0 fully saturated rings. The fourth-order valence-corrected chi connectivity index (χ4v) is 2.75. The molecular formula is C18H13NO2. The van der Waals surface area contributed by atoms with Crippen LogP contribution in [0, 0.1) is 6.92 Å². The third-order valence-corrected chi connectivity index (χ3v) is 3.83. The number of aromatic nitrogens is 1. The second-order valence-corrected chi connectivity index (χ2v) is 5.15. The summed E-state index contributed by atoms with van der Waals surface area (Å²) in [5.41, 5.74) is 3.02. The van der Waals surface area contributed by atoms with Gasteiger partial charge in [-0.25, -0.2) is 4.79 Å². The molecule has 4 rings (SSSR count). The van der Waals surface area contributed by atoms with Crippen molar-refractivity contribution in [1.29, 1.82) is 0 Å². The first-order chi connectivity index (χ1) is 10.2. The van der Waals surface area contributed by atoms with Gasteiger partial charge in [0.25, 0.3) is 0 Å². The first-order valence-corrected chi connectivity index (χ1v) is 6.84. The molecule has 0 radical (unpaired) electrons. The fourth-order valence-electron chi connectivity index (χ4n) is 2.75. The highest BCUT2D eigenvalue weighted by atomic mass is 16.4. The third kappa shape index (κ3) is 1.78. The van der Waals surface area contributed by atoms with E-state index in [9.17, 15) is 4.79 Å². The zero-order valence-corrected chi connectivity index (χ0v) is 11.5. The van der Waals surface area contributed by atoms with Crippen LogP contribution in [0.1, 0.15) is 5.56 Å². The first-order valence-electron chi connectivity index (χ1n) is 6.84. The number of hydrogen-bond acceptors (Lipinski definition) is 2. The molecule has 0 spiro atoms. The summed E-state index contributed by atoms with van der Waals surface area (Å²) < 4.78 is 7.31. The van der Waals surface area contributed by atoms with Crippen molar-refractivity contribution in [3.63, 3.8) is 0 Å². The van der Waals surface area contributed by atoms with Crippen LogP contribution in [0.4, 0.5) is 0 Å². The second-order valence-electron chi connectivity index (χ2n) is 5.15. The number of fused-ring (bicyclic) bond motifs is 2. The summed E-state index contributed by atoms with van der Waals surface area (Å²) in [5.74, 6) is 0. The molecule has 2 heterocycles. The van der Waals surface area contributed by atoms with E-state index in [-0.39, 0.29) is 5.63 Å². The van der Waals surface area contributed by atoms with Gasteiger partial charge in [0.05, 0.1) is 5.52 Å². The molecular weight excluding hydrogens is 262 g/mol. The number of rotatable bonds is 1. The van der Waals surface area contributed by atoms with Crippen LogP contribution in [0.5, 0.6) is 0 Å². The minimum absolute atomic E-state index is 0.326. The van der Waals surface area contributed by atoms with Gasteiger partial charge in [-0.05, 0) is 36.8 Å². The lowest BCUT2D eigenvalue weighted by molar-refractivity contribution is 0.556. The Bertz CT molecular complexity index is 1020. The van der Waals surface area contributed by atoms with E-state index in [2.05, 4.69) is 13.0 Å². The summed E-state index contributed by atoms with van der Waals surface area (Å²) in [4.78, 5) is 12.3. The molecule has 102 valence electrons. The van der Waals surface area contributed by atoms with Crippen LogP contribution in [0.25, 0.3) is 27.6 Å². The standard InChI is InChI=1S/C18H13NO2/c1-12-5-4-7-15-14(12)9-10-19(15)16-11-13-6-2-3-8-17(13)21-18(16)20/h2-11H,1H3. The molecule has 0 aliphatic heterocycles. The molecule has 0 bridgehead atoms. The molecule has 0 unspecified atom stereocenters. The van der Waals surface area contributed by atoms with Crippen LogP contribution < -0.4 is 5.63 Å². The molecule has 4 aromatic rings. The lowest BCUT2D eigenvalue weighted by Crippen LogP contribution is -2.09. The highest BCUT2D eigenvalue weighted by Crippen LogP contribution is 2.23. The van der Waals surface area contributed by atoms with Crippen LogP contribution in [0.15, 0.2) is 70.0 Å². The van der Waals surface area contributed by atoms with Crippen molar-refractivity contribution in [3.05, 3.63) is 76.8 Å². The van der Waals surface area contributed by atoms with Gasteiger partial charge in [-0.15, -0.1) is 0 Å². The Morgan fingerprint density at radius 3 is 2.76 bits per heavy atom. The number of benzene rings is 2. The van der Waals surface area contributed by atoms with Crippen molar-refractivity contribution in [2.75, 3.05) is 0 Å². The predicted molar refractivity (Wildman–Crippen MR) is 84.1 cm³/mol. The Morgan fingerprint density at radius 2 is 1.86 bits per heavy atom. The molecule has 3 nitrogen and oxygen atoms in total. The quantitative estimate of drug-likeness (QED) is 0.491. The molecule has 3 heteroatoms. The molecule has 2 aromatic heterocycles. The van der Waals surface area contributed by atoms with E-state index >= 15 is 0 Å². The minimum Gasteiger partial charge on any atom is -0.421 e. The maximum atomic E-state index is 12.3. The number of aryl methyl sites for hydroxylation is 1. The Labute approximate surface area is 121 Å². The predicted octanol–water partition coefficient (Wildman–Crippen LogP) is 4.05. The SMILES string of the molecule is Cc1cccc2c1ccn2-c1cc2ccccc2oc1=O. The smallest absolute Gasteiger partial charge is 0.360 e. The summed E-state index contributed by atoms with van der Waals surface area (Å²) in [6.45, 7) is 2.07. The van der Waals surface area contributed by atoms with Crippen molar-refractivity contribution < 1.29 is 4.42 Å². The Balaban J connectivity index is 2.07. The maximum absolute atomic E-state index is 12.3. The van der Waals surface area contributed by atoms with E-state index in [0.717, 1.165) is 16.3 Å². The third-order valence-electron chi connectivity index (χ3n) is 3.83. The van der Waals surface area contributed by atoms with Gasteiger partial charge < -0.3 is 8.98 Å². The van der Waals surface area contributed by atoms with Crippen molar-refractivity contribution >= 4 is 21.9 Å². The molecule has 0 aliphatic rings. The van der Waals surface area contributed by atoms with Gasteiger partial charge in [0.1, 0.15) is 11.3 Å². The van der Waals surface area contributed by atoms with Gasteiger partial charge >= 0.3 is 5.63 Å². The highest BCUT2D eigenvalue weighted by molar-refractivity contribution is 5.86. The fraction of sp³-hybridized carbons (Fsp3) is 0.0556. The number of hydrogen-bond donors (Lipinski definition) is 0. The van der Waals surface area contributed by atoms with E-state index in [1.165, 1.54) is 5.56 Å². The van der Waals surface area contributed by atoms with Crippen molar-refractivity contribution in [2.24, 2.45) is 0 Å². The molecule has 0 aliphatic carbocycles. The van der Waals surface area contributed by atoms with Crippen LogP contribution >= 0.6 is 0 Å². The van der Waals surface area contributed by atoms with E-state index in [4.69, 9.17) is 4.42 Å². The molecule has 0 saturated heterocycles. The largest absolute Gasteiger partial charge is 0.421 e. The van der Waals surface area contributed by atoms with Gasteiger partial charge in [-0.3, -0.25) is 0 Å². The van der Waals surface area contributed by atoms with E-state index in [1.807, 2.05) is 53.2 Å². The molecule has 2 aromatic carbocycles. The highest BCUT2D eigenvalue weighted by Gasteiger charge is 2.10. The zero-order valence-electron chi connectivity index (χ0n) is 11.5. The summed E-state index contributed by atoms with van der Waals surface area (Å²) >= 11 is 0. The maximum Gasteiger partial charge on any atom is 0.360 e. The van der Waals surface area contributed by atoms with Gasteiger partial charge in [-0.1, -0.05) is 30.3 Å². The number of para-hydroxylation sites is 1. The monoisotopic (exact) mass is 275 g/mol. The molecule has 0 atom stereocenters. The van der Waals surface area contributed by atoms with Crippen LogP contribution in [-0.2, 0) is 0 Å². The summed E-state index contributed by atoms with van der Waals surface area (Å²) in [7, 11) is 0. The van der Waals surface area contributed by atoms with Crippen LogP contribution in [0.3, 0.4) is 0 Å². The zero-order chi connectivity index (χ0) is 14.4. The lowest BCUT2D eigenvalue weighted by Gasteiger charge is -2.06. The van der Waals surface area contributed by atoms with E-state index < -0.39 is 0 Å². The Morgan fingerprint density at radius 1 is 1.00 bits per heavy atom. The summed E-state index contributed by atoms with van der Waals surface area (Å²) in [6.07, 6.45) is 1.92. The van der Waals surface area contributed by atoms with Crippen molar-refractivity contribution in [3.8, 4) is 5.69 Å². The number of nitrogens with zero attached hydrogens (tertiary/aromatic N) is 1. The van der Waals surface area contributed by atoms with Crippen LogP contribution in [-0.4, -0.2) is 4.57 Å². The van der Waals surface area contributed by atoms with Gasteiger partial charge in [0.2, 0.25) is 0 Å².